The van der Waals surface area contributed by atoms with Gasteiger partial charge in [0.1, 0.15) is 19.0 Å². The van der Waals surface area contributed by atoms with Gasteiger partial charge in [-0.2, -0.15) is 0 Å². The summed E-state index contributed by atoms with van der Waals surface area (Å²) in [5, 5.41) is 0. The normalized spacial score (nSPS) is 14.9. The quantitative estimate of drug-likeness (QED) is 0.840. The van der Waals surface area contributed by atoms with E-state index in [4.69, 9.17) is 9.47 Å². The van der Waals surface area contributed by atoms with E-state index in [0.717, 1.165) is 29.6 Å². The SMILES string of the molecule is CC(C)c1nccc(CN(C)C(C)c2ccc3c(c2)OCCO3)n1. The Kier molecular flexibility index (Phi) is 5.00. The second-order valence-electron chi connectivity index (χ2n) is 6.56. The number of nitrogens with zero attached hydrogens (tertiary/aromatic N) is 3. The molecule has 5 nitrogen and oxygen atoms in total. The largest absolute Gasteiger partial charge is 0.486 e. The molecule has 2 heterocycles. The van der Waals surface area contributed by atoms with Crippen molar-refractivity contribution in [3.05, 3.63) is 47.5 Å². The Labute approximate surface area is 143 Å². The molecule has 2 aromatic rings. The van der Waals surface area contributed by atoms with E-state index in [2.05, 4.69) is 54.8 Å². The summed E-state index contributed by atoms with van der Waals surface area (Å²) in [6, 6.07) is 8.41. The van der Waals surface area contributed by atoms with Gasteiger partial charge in [-0.05, 0) is 37.7 Å². The third kappa shape index (κ3) is 3.67. The average molecular weight is 327 g/mol. The van der Waals surface area contributed by atoms with Crippen LogP contribution < -0.4 is 9.47 Å². The Bertz CT molecular complexity index is 703. The van der Waals surface area contributed by atoms with Crippen LogP contribution in [-0.4, -0.2) is 35.1 Å². The third-order valence-electron chi connectivity index (χ3n) is 4.37. The average Bonchev–Trinajstić information content (AvgIpc) is 2.60. The molecule has 5 heteroatoms. The Balaban J connectivity index is 1.72. The van der Waals surface area contributed by atoms with E-state index in [-0.39, 0.29) is 6.04 Å². The standard InChI is InChI=1S/C19H25N3O2/c1-13(2)19-20-8-7-16(21-19)12-22(4)14(3)15-5-6-17-18(11-15)24-10-9-23-17/h5-8,11,13-14H,9-10,12H2,1-4H3. The van der Waals surface area contributed by atoms with E-state index < -0.39 is 0 Å². The van der Waals surface area contributed by atoms with Crippen molar-refractivity contribution in [2.75, 3.05) is 20.3 Å². The highest BCUT2D eigenvalue weighted by Gasteiger charge is 2.17. The van der Waals surface area contributed by atoms with Crippen LogP contribution in [0.5, 0.6) is 11.5 Å². The second kappa shape index (κ2) is 7.18. The fourth-order valence-corrected chi connectivity index (χ4v) is 2.75. The number of hydrogen-bond acceptors (Lipinski definition) is 5. The highest BCUT2D eigenvalue weighted by atomic mass is 16.6. The maximum atomic E-state index is 5.69. The van der Waals surface area contributed by atoms with Gasteiger partial charge in [-0.1, -0.05) is 19.9 Å². The zero-order valence-corrected chi connectivity index (χ0v) is 14.8. The van der Waals surface area contributed by atoms with Gasteiger partial charge in [0.25, 0.3) is 0 Å². The van der Waals surface area contributed by atoms with Gasteiger partial charge in [0.05, 0.1) is 5.69 Å². The molecule has 0 saturated carbocycles. The van der Waals surface area contributed by atoms with E-state index in [1.807, 2.05) is 18.3 Å². The molecule has 0 amide bonds. The summed E-state index contributed by atoms with van der Waals surface area (Å²) in [7, 11) is 2.11. The highest BCUT2D eigenvalue weighted by molar-refractivity contribution is 5.44. The molecule has 3 rings (SSSR count). The van der Waals surface area contributed by atoms with Crippen molar-refractivity contribution in [1.29, 1.82) is 0 Å². The molecule has 0 bridgehead atoms. The highest BCUT2D eigenvalue weighted by Crippen LogP contribution is 2.33. The van der Waals surface area contributed by atoms with Gasteiger partial charge >= 0.3 is 0 Å². The number of benzene rings is 1. The Morgan fingerprint density at radius 2 is 1.83 bits per heavy atom. The lowest BCUT2D eigenvalue weighted by Crippen LogP contribution is -2.23. The fourth-order valence-electron chi connectivity index (χ4n) is 2.75. The molecule has 0 spiro atoms. The topological polar surface area (TPSA) is 47.5 Å². The maximum Gasteiger partial charge on any atom is 0.161 e. The van der Waals surface area contributed by atoms with E-state index >= 15 is 0 Å². The molecule has 1 aliphatic rings. The second-order valence-corrected chi connectivity index (χ2v) is 6.56. The number of fused-ring (bicyclic) bond motifs is 1. The molecule has 1 atom stereocenters. The maximum absolute atomic E-state index is 5.69. The fraction of sp³-hybridized carbons (Fsp3) is 0.474. The van der Waals surface area contributed by atoms with Gasteiger partial charge in [0.15, 0.2) is 11.5 Å². The first-order valence-corrected chi connectivity index (χ1v) is 8.46. The lowest BCUT2D eigenvalue weighted by Gasteiger charge is -2.26. The molecule has 0 radical (unpaired) electrons. The van der Waals surface area contributed by atoms with Crippen LogP contribution >= 0.6 is 0 Å². The predicted octanol–water partition coefficient (Wildman–Crippen LogP) is 3.56. The van der Waals surface area contributed by atoms with Gasteiger partial charge in [0, 0.05) is 24.7 Å². The molecule has 1 unspecified atom stereocenters. The molecular formula is C19H25N3O2. The van der Waals surface area contributed by atoms with E-state index in [9.17, 15) is 0 Å². The summed E-state index contributed by atoms with van der Waals surface area (Å²) in [6.07, 6.45) is 1.85. The minimum atomic E-state index is 0.248. The van der Waals surface area contributed by atoms with Gasteiger partial charge in [-0.25, -0.2) is 9.97 Å². The summed E-state index contributed by atoms with van der Waals surface area (Å²) in [4.78, 5) is 11.3. The van der Waals surface area contributed by atoms with Crippen molar-refractivity contribution in [1.82, 2.24) is 14.9 Å². The number of aromatic nitrogens is 2. The van der Waals surface area contributed by atoms with Crippen LogP contribution in [0, 0.1) is 0 Å². The zero-order chi connectivity index (χ0) is 17.1. The first-order chi connectivity index (χ1) is 11.5. The molecular weight excluding hydrogens is 302 g/mol. The Morgan fingerprint density at radius 3 is 2.58 bits per heavy atom. The van der Waals surface area contributed by atoms with E-state index in [0.29, 0.717) is 19.1 Å². The zero-order valence-electron chi connectivity index (χ0n) is 14.8. The molecule has 128 valence electrons. The minimum Gasteiger partial charge on any atom is -0.486 e. The van der Waals surface area contributed by atoms with E-state index in [1.165, 1.54) is 5.56 Å². The summed E-state index contributed by atoms with van der Waals surface area (Å²) in [5.41, 5.74) is 2.25. The van der Waals surface area contributed by atoms with Gasteiger partial charge in [-0.15, -0.1) is 0 Å². The molecule has 1 aliphatic heterocycles. The van der Waals surface area contributed by atoms with Crippen LogP contribution in [0.15, 0.2) is 30.5 Å². The summed E-state index contributed by atoms with van der Waals surface area (Å²) in [5.74, 6) is 2.90. The van der Waals surface area contributed by atoms with Crippen LogP contribution in [0.2, 0.25) is 0 Å². The van der Waals surface area contributed by atoms with Gasteiger partial charge in [-0.3, -0.25) is 4.90 Å². The molecule has 24 heavy (non-hydrogen) atoms. The molecule has 0 N–H and O–H groups in total. The number of rotatable bonds is 5. The summed E-state index contributed by atoms with van der Waals surface area (Å²) >= 11 is 0. The van der Waals surface area contributed by atoms with Crippen LogP contribution in [0.3, 0.4) is 0 Å². The van der Waals surface area contributed by atoms with Gasteiger partial charge in [0.2, 0.25) is 0 Å². The lowest BCUT2D eigenvalue weighted by molar-refractivity contribution is 0.170. The molecule has 1 aromatic carbocycles. The predicted molar refractivity (Wildman–Crippen MR) is 93.4 cm³/mol. The Hall–Kier alpha value is -2.14. The van der Waals surface area contributed by atoms with Crippen molar-refractivity contribution in [3.8, 4) is 11.5 Å². The lowest BCUT2D eigenvalue weighted by atomic mass is 10.1. The van der Waals surface area contributed by atoms with Crippen molar-refractivity contribution in [2.24, 2.45) is 0 Å². The summed E-state index contributed by atoms with van der Waals surface area (Å²) in [6.45, 7) is 8.42. The number of ether oxygens (including phenoxy) is 2. The molecule has 1 aromatic heterocycles. The molecule has 0 aliphatic carbocycles. The van der Waals surface area contributed by atoms with Crippen molar-refractivity contribution < 1.29 is 9.47 Å². The smallest absolute Gasteiger partial charge is 0.161 e. The van der Waals surface area contributed by atoms with Crippen molar-refractivity contribution in [2.45, 2.75) is 39.3 Å². The molecule has 0 fully saturated rings. The minimum absolute atomic E-state index is 0.248. The number of hydrogen-bond donors (Lipinski definition) is 0. The van der Waals surface area contributed by atoms with Crippen LogP contribution in [0.1, 0.15) is 49.8 Å². The van der Waals surface area contributed by atoms with Crippen LogP contribution in [-0.2, 0) is 6.54 Å². The van der Waals surface area contributed by atoms with E-state index in [1.54, 1.807) is 0 Å². The summed E-state index contributed by atoms with van der Waals surface area (Å²) < 4.78 is 11.3. The first-order valence-electron chi connectivity index (χ1n) is 8.46. The first kappa shape index (κ1) is 16.7. The third-order valence-corrected chi connectivity index (χ3v) is 4.37. The van der Waals surface area contributed by atoms with Crippen molar-refractivity contribution >= 4 is 0 Å². The molecule has 0 saturated heterocycles. The van der Waals surface area contributed by atoms with Crippen LogP contribution in [0.25, 0.3) is 0 Å². The monoisotopic (exact) mass is 327 g/mol. The Morgan fingerprint density at radius 1 is 1.08 bits per heavy atom. The van der Waals surface area contributed by atoms with Crippen LogP contribution in [0.4, 0.5) is 0 Å². The van der Waals surface area contributed by atoms with Crippen molar-refractivity contribution in [3.63, 3.8) is 0 Å². The van der Waals surface area contributed by atoms with Gasteiger partial charge < -0.3 is 9.47 Å².